The van der Waals surface area contributed by atoms with Gasteiger partial charge in [-0.05, 0) is 66.8 Å². The van der Waals surface area contributed by atoms with Crippen LogP contribution in [0.4, 0.5) is 0 Å². The number of benzene rings is 1. The third-order valence-corrected chi connectivity index (χ3v) is 12.3. The average Bonchev–Trinajstić information content (AvgIpc) is 3.77. The highest BCUT2D eigenvalue weighted by atomic mass is 16.2. The minimum atomic E-state index is -0.939. The van der Waals surface area contributed by atoms with Crippen molar-refractivity contribution in [3.63, 3.8) is 0 Å². The number of hydrogen-bond donors (Lipinski definition) is 1. The van der Waals surface area contributed by atoms with E-state index in [-0.39, 0.29) is 72.0 Å². The van der Waals surface area contributed by atoms with E-state index in [1.165, 1.54) is 18.6 Å². The Morgan fingerprint density at radius 3 is 2.26 bits per heavy atom. The second-order valence-electron chi connectivity index (χ2n) is 17.3. The molecular formula is C44H60N4O6. The molecule has 1 aromatic carbocycles. The fourth-order valence-electron chi connectivity index (χ4n) is 9.31. The zero-order valence-corrected chi connectivity index (χ0v) is 32.9. The van der Waals surface area contributed by atoms with Gasteiger partial charge in [0.15, 0.2) is 17.3 Å². The topological polar surface area (TPSA) is 143 Å². The van der Waals surface area contributed by atoms with Gasteiger partial charge in [-0.2, -0.15) is 0 Å². The minimum absolute atomic E-state index is 0.00184. The van der Waals surface area contributed by atoms with Crippen molar-refractivity contribution in [1.82, 2.24) is 20.2 Å². The number of fused-ring (bicyclic) bond motifs is 1. The van der Waals surface area contributed by atoms with E-state index in [1.54, 1.807) is 4.90 Å². The number of Topliss-reactive ketones (excluding diaryl/α,β-unsaturated/α-hetero) is 4. The molecule has 2 amide bonds. The van der Waals surface area contributed by atoms with Crippen LogP contribution in [-0.4, -0.2) is 68.4 Å². The van der Waals surface area contributed by atoms with Crippen LogP contribution < -0.4 is 5.32 Å². The molecule has 0 spiro atoms. The van der Waals surface area contributed by atoms with Gasteiger partial charge in [0.05, 0.1) is 12.2 Å². The summed E-state index contributed by atoms with van der Waals surface area (Å²) in [4.78, 5) is 93.8. The molecule has 1 aliphatic heterocycles. The van der Waals surface area contributed by atoms with Crippen molar-refractivity contribution in [2.24, 2.45) is 35.0 Å². The number of nitrogens with one attached hydrogen (secondary N) is 1. The Balaban J connectivity index is 1.34. The zero-order chi connectivity index (χ0) is 39.0. The molecule has 2 heterocycles. The molecule has 2 aromatic rings. The molecule has 54 heavy (non-hydrogen) atoms. The first-order valence-electron chi connectivity index (χ1n) is 20.3. The van der Waals surface area contributed by atoms with Crippen molar-refractivity contribution >= 4 is 34.9 Å². The summed E-state index contributed by atoms with van der Waals surface area (Å²) in [7, 11) is 0. The molecule has 292 valence electrons. The maximum Gasteiger partial charge on any atom is 0.246 e. The van der Waals surface area contributed by atoms with Crippen LogP contribution in [0.1, 0.15) is 140 Å². The number of rotatable bonds is 17. The molecule has 10 heteroatoms. The molecule has 0 radical (unpaired) electrons. The lowest BCUT2D eigenvalue weighted by molar-refractivity contribution is -0.146. The van der Waals surface area contributed by atoms with E-state index in [2.05, 4.69) is 15.3 Å². The molecule has 7 atom stereocenters. The largest absolute Gasteiger partial charge is 0.344 e. The number of ketones is 4. The van der Waals surface area contributed by atoms with E-state index in [0.717, 1.165) is 56.9 Å². The Morgan fingerprint density at radius 2 is 1.61 bits per heavy atom. The highest BCUT2D eigenvalue weighted by Gasteiger charge is 2.52. The number of nitrogens with zero attached hydrogens (tertiary/aromatic N) is 3. The van der Waals surface area contributed by atoms with Gasteiger partial charge in [0.1, 0.15) is 11.7 Å². The Bertz CT molecular complexity index is 1630. The molecule has 1 aromatic heterocycles. The molecule has 3 aliphatic rings. The normalized spacial score (nSPS) is 22.5. The maximum atomic E-state index is 14.8. The van der Waals surface area contributed by atoms with Crippen LogP contribution in [0, 0.1) is 35.0 Å². The van der Waals surface area contributed by atoms with Gasteiger partial charge in [0, 0.05) is 50.0 Å². The van der Waals surface area contributed by atoms with Crippen LogP contribution in [0.3, 0.4) is 0 Å². The Kier molecular flexibility index (Phi) is 14.1. The van der Waals surface area contributed by atoms with Crippen LogP contribution in [0.15, 0.2) is 48.9 Å². The number of amides is 2. The third-order valence-electron chi connectivity index (χ3n) is 12.3. The zero-order valence-electron chi connectivity index (χ0n) is 32.9. The predicted octanol–water partition coefficient (Wildman–Crippen LogP) is 7.11. The SMILES string of the molecule is CCCC(CC(=O)[C@@H]1[C@H]2CCCC2CN1C(=O)[C@@H](NC(=O)[C@@H](CC(=O)c1cnccn1)C1CCCCC1)C(C)(C)C)C(=O)C(=O)C[C@@H](C)c1ccccc1. The molecule has 10 nitrogen and oxygen atoms in total. The van der Waals surface area contributed by atoms with Crippen molar-refractivity contribution in [2.45, 2.75) is 136 Å². The maximum absolute atomic E-state index is 14.8. The molecule has 0 bridgehead atoms. The summed E-state index contributed by atoms with van der Waals surface area (Å²) in [5.74, 6) is -3.39. The van der Waals surface area contributed by atoms with Crippen LogP contribution >= 0.6 is 0 Å². The van der Waals surface area contributed by atoms with Crippen molar-refractivity contribution < 1.29 is 28.8 Å². The van der Waals surface area contributed by atoms with Crippen LogP contribution in [0.5, 0.6) is 0 Å². The number of aromatic nitrogens is 2. The molecule has 2 unspecified atom stereocenters. The molecular weight excluding hydrogens is 681 g/mol. The first-order chi connectivity index (χ1) is 25.8. The summed E-state index contributed by atoms with van der Waals surface area (Å²) in [5.41, 5.74) is 0.496. The number of carbonyl (C=O) groups is 6. The molecule has 1 N–H and O–H groups in total. The molecule has 2 saturated carbocycles. The van der Waals surface area contributed by atoms with Crippen LogP contribution in [0.2, 0.25) is 0 Å². The second kappa shape index (κ2) is 18.5. The number of hydrogen-bond acceptors (Lipinski definition) is 8. The molecule has 3 fully saturated rings. The van der Waals surface area contributed by atoms with Gasteiger partial charge in [-0.1, -0.05) is 97.1 Å². The van der Waals surface area contributed by atoms with Gasteiger partial charge in [0.25, 0.3) is 0 Å². The Hall–Kier alpha value is -4.08. The lowest BCUT2D eigenvalue weighted by Gasteiger charge is -2.38. The van der Waals surface area contributed by atoms with Gasteiger partial charge in [-0.3, -0.25) is 33.8 Å². The summed E-state index contributed by atoms with van der Waals surface area (Å²) >= 11 is 0. The summed E-state index contributed by atoms with van der Waals surface area (Å²) in [6.45, 7) is 10.0. The van der Waals surface area contributed by atoms with Crippen molar-refractivity contribution in [3.8, 4) is 0 Å². The van der Waals surface area contributed by atoms with E-state index in [0.29, 0.717) is 19.4 Å². The number of likely N-dealkylation sites (tertiary alicyclic amines) is 1. The molecule has 2 aliphatic carbocycles. The van der Waals surface area contributed by atoms with Crippen molar-refractivity contribution in [1.29, 1.82) is 0 Å². The highest BCUT2D eigenvalue weighted by Crippen LogP contribution is 2.44. The highest BCUT2D eigenvalue weighted by molar-refractivity contribution is 6.38. The van der Waals surface area contributed by atoms with E-state index in [1.807, 2.05) is 65.0 Å². The van der Waals surface area contributed by atoms with Crippen LogP contribution in [0.25, 0.3) is 0 Å². The molecule has 5 rings (SSSR count). The summed E-state index contributed by atoms with van der Waals surface area (Å²) in [6, 6.07) is 7.97. The van der Waals surface area contributed by atoms with Gasteiger partial charge in [-0.25, -0.2) is 4.98 Å². The van der Waals surface area contributed by atoms with E-state index in [9.17, 15) is 28.8 Å². The lowest BCUT2D eigenvalue weighted by Crippen LogP contribution is -2.58. The minimum Gasteiger partial charge on any atom is -0.344 e. The smallest absolute Gasteiger partial charge is 0.246 e. The van der Waals surface area contributed by atoms with E-state index < -0.39 is 40.9 Å². The lowest BCUT2D eigenvalue weighted by atomic mass is 9.76. The van der Waals surface area contributed by atoms with E-state index in [4.69, 9.17) is 0 Å². The second-order valence-corrected chi connectivity index (χ2v) is 17.3. The van der Waals surface area contributed by atoms with Gasteiger partial charge >= 0.3 is 0 Å². The molecule has 1 saturated heterocycles. The summed E-state index contributed by atoms with van der Waals surface area (Å²) in [5, 5.41) is 3.11. The average molecular weight is 741 g/mol. The Morgan fingerprint density at radius 1 is 0.889 bits per heavy atom. The fourth-order valence-corrected chi connectivity index (χ4v) is 9.31. The van der Waals surface area contributed by atoms with Crippen LogP contribution in [-0.2, 0) is 24.0 Å². The third kappa shape index (κ3) is 9.96. The monoisotopic (exact) mass is 740 g/mol. The quantitative estimate of drug-likeness (QED) is 0.134. The number of carbonyl (C=O) groups excluding carboxylic acids is 6. The van der Waals surface area contributed by atoms with Gasteiger partial charge in [0.2, 0.25) is 17.6 Å². The summed E-state index contributed by atoms with van der Waals surface area (Å²) in [6.07, 6.45) is 12.8. The van der Waals surface area contributed by atoms with Gasteiger partial charge < -0.3 is 10.2 Å². The summed E-state index contributed by atoms with van der Waals surface area (Å²) < 4.78 is 0. The first-order valence-corrected chi connectivity index (χ1v) is 20.3. The van der Waals surface area contributed by atoms with Crippen molar-refractivity contribution in [3.05, 3.63) is 60.2 Å². The predicted molar refractivity (Wildman–Crippen MR) is 206 cm³/mol. The Labute approximate surface area is 321 Å². The standard InChI is InChI=1S/C44H60N4O6/c1-6-14-31(40(52)38(51)23-28(2)29-15-9-7-10-16-29)24-37(50)39-33-20-13-19-32(33)27-48(39)43(54)41(44(3,4)5)47-42(53)34(30-17-11-8-12-18-30)25-36(49)35-26-45-21-22-46-35/h7,9-10,15-16,21-22,26,28,30-34,39,41H,6,8,11-14,17-20,23-25,27H2,1-5H3,(H,47,53)/t28-,31?,32?,33+,34+,39+,41-/m1/s1. The fraction of sp³-hybridized carbons (Fsp3) is 0.636. The van der Waals surface area contributed by atoms with Gasteiger partial charge in [-0.15, -0.1) is 0 Å². The first kappa shape index (κ1) is 41.1. The van der Waals surface area contributed by atoms with Crippen molar-refractivity contribution in [2.75, 3.05) is 6.54 Å². The van der Waals surface area contributed by atoms with E-state index >= 15 is 0 Å².